The van der Waals surface area contributed by atoms with Gasteiger partial charge in [-0.1, -0.05) is 36.4 Å². The summed E-state index contributed by atoms with van der Waals surface area (Å²) in [5.41, 5.74) is 0.870. The highest BCUT2D eigenvalue weighted by atomic mass is 16.5. The number of furan rings is 1. The first-order chi connectivity index (χ1) is 14.2. The van der Waals surface area contributed by atoms with E-state index in [1.807, 2.05) is 54.6 Å². The first-order valence-electron chi connectivity index (χ1n) is 9.27. The van der Waals surface area contributed by atoms with Gasteiger partial charge in [0, 0.05) is 31.1 Å². The van der Waals surface area contributed by atoms with Gasteiger partial charge in [0.2, 0.25) is 11.8 Å². The van der Waals surface area contributed by atoms with Gasteiger partial charge in [0.05, 0.1) is 6.26 Å². The summed E-state index contributed by atoms with van der Waals surface area (Å²) in [7, 11) is 0. The lowest BCUT2D eigenvalue weighted by Gasteiger charge is -2.12. The molecule has 3 aromatic rings. The molecule has 0 spiro atoms. The van der Waals surface area contributed by atoms with Crippen molar-refractivity contribution >= 4 is 17.9 Å². The summed E-state index contributed by atoms with van der Waals surface area (Å²) in [6.07, 6.45) is 4.65. The minimum absolute atomic E-state index is 0.158. The molecule has 2 aromatic carbocycles. The minimum atomic E-state index is -0.282. The fourth-order valence-corrected chi connectivity index (χ4v) is 2.55. The average Bonchev–Trinajstić information content (AvgIpc) is 3.26. The Balaban J connectivity index is 1.42. The molecular formula is C23H22N2O4. The molecule has 0 aliphatic rings. The van der Waals surface area contributed by atoms with Gasteiger partial charge in [0.25, 0.3) is 0 Å². The lowest BCUT2D eigenvalue weighted by atomic mass is 10.2. The van der Waals surface area contributed by atoms with Crippen molar-refractivity contribution in [1.82, 2.24) is 10.6 Å². The van der Waals surface area contributed by atoms with Gasteiger partial charge in [-0.15, -0.1) is 0 Å². The van der Waals surface area contributed by atoms with Crippen LogP contribution in [0.4, 0.5) is 0 Å². The molecule has 6 nitrogen and oxygen atoms in total. The van der Waals surface area contributed by atoms with E-state index in [1.165, 1.54) is 12.3 Å². The summed E-state index contributed by atoms with van der Waals surface area (Å²) in [4.78, 5) is 23.8. The van der Waals surface area contributed by atoms with Crippen LogP contribution in [0.25, 0.3) is 6.08 Å². The Morgan fingerprint density at radius 1 is 0.931 bits per heavy atom. The van der Waals surface area contributed by atoms with Crippen molar-refractivity contribution in [3.8, 4) is 11.5 Å². The van der Waals surface area contributed by atoms with Gasteiger partial charge in [-0.25, -0.2) is 0 Å². The molecule has 1 aromatic heterocycles. The molecule has 2 N–H and O–H groups in total. The van der Waals surface area contributed by atoms with E-state index in [1.54, 1.807) is 18.2 Å². The van der Waals surface area contributed by atoms with Crippen LogP contribution < -0.4 is 15.4 Å². The van der Waals surface area contributed by atoms with Gasteiger partial charge >= 0.3 is 0 Å². The molecule has 0 fully saturated rings. The van der Waals surface area contributed by atoms with Gasteiger partial charge in [0.15, 0.2) is 0 Å². The van der Waals surface area contributed by atoms with E-state index in [0.717, 1.165) is 11.3 Å². The average molecular weight is 390 g/mol. The summed E-state index contributed by atoms with van der Waals surface area (Å²) in [6.45, 7) is 0.587. The molecule has 148 valence electrons. The molecule has 2 amide bonds. The first kappa shape index (κ1) is 19.9. The van der Waals surface area contributed by atoms with Crippen LogP contribution in [0.5, 0.6) is 11.5 Å². The maximum Gasteiger partial charge on any atom is 0.244 e. The minimum Gasteiger partial charge on any atom is -0.465 e. The molecule has 0 saturated carbocycles. The van der Waals surface area contributed by atoms with Crippen LogP contribution in [0.1, 0.15) is 17.7 Å². The zero-order valence-corrected chi connectivity index (χ0v) is 15.8. The molecule has 29 heavy (non-hydrogen) atoms. The SMILES string of the molecule is O=C(/C=C/c1ccco1)NCCC(=O)NCc1ccccc1Oc1ccccc1. The largest absolute Gasteiger partial charge is 0.465 e. The Bertz CT molecular complexity index is 950. The first-order valence-corrected chi connectivity index (χ1v) is 9.27. The molecular weight excluding hydrogens is 368 g/mol. The van der Waals surface area contributed by atoms with Crippen molar-refractivity contribution in [3.63, 3.8) is 0 Å². The highest BCUT2D eigenvalue weighted by Crippen LogP contribution is 2.24. The van der Waals surface area contributed by atoms with Gasteiger partial charge < -0.3 is 19.8 Å². The van der Waals surface area contributed by atoms with Crippen LogP contribution >= 0.6 is 0 Å². The number of carbonyl (C=O) groups excluding carboxylic acids is 2. The Labute approximate surface area is 169 Å². The molecule has 0 unspecified atom stereocenters. The predicted octanol–water partition coefficient (Wildman–Crippen LogP) is 3.91. The van der Waals surface area contributed by atoms with Gasteiger partial charge in [-0.2, -0.15) is 0 Å². The third-order valence-electron chi connectivity index (χ3n) is 4.01. The number of benzene rings is 2. The molecule has 0 saturated heterocycles. The predicted molar refractivity (Wildman–Crippen MR) is 110 cm³/mol. The van der Waals surface area contributed by atoms with E-state index < -0.39 is 0 Å². The van der Waals surface area contributed by atoms with Gasteiger partial charge in [-0.05, 0) is 36.4 Å². The Kier molecular flexibility index (Phi) is 7.23. The Morgan fingerprint density at radius 2 is 1.72 bits per heavy atom. The fraction of sp³-hybridized carbons (Fsp3) is 0.130. The summed E-state index contributed by atoms with van der Waals surface area (Å²) in [5.74, 6) is 1.58. The van der Waals surface area contributed by atoms with Crippen LogP contribution in [0, 0.1) is 0 Å². The molecule has 6 heteroatoms. The summed E-state index contributed by atoms with van der Waals surface area (Å²) in [6, 6.07) is 20.5. The topological polar surface area (TPSA) is 80.6 Å². The van der Waals surface area contributed by atoms with Crippen molar-refractivity contribution in [2.75, 3.05) is 6.54 Å². The molecule has 0 atom stereocenters. The van der Waals surface area contributed by atoms with Crippen molar-refractivity contribution < 1.29 is 18.7 Å². The standard InChI is InChI=1S/C23H22N2O4/c26-22(13-12-19-10-6-16-28-19)24-15-14-23(27)25-17-18-7-4-5-11-21(18)29-20-8-2-1-3-9-20/h1-13,16H,14-15,17H2,(H,24,26)(H,25,27)/b13-12+. The van der Waals surface area contributed by atoms with Crippen molar-refractivity contribution in [1.29, 1.82) is 0 Å². The van der Waals surface area contributed by atoms with Crippen LogP contribution in [-0.4, -0.2) is 18.4 Å². The highest BCUT2D eigenvalue weighted by molar-refractivity contribution is 5.91. The molecule has 0 aliphatic carbocycles. The summed E-state index contributed by atoms with van der Waals surface area (Å²) < 4.78 is 11.0. The van der Waals surface area contributed by atoms with E-state index in [4.69, 9.17) is 9.15 Å². The van der Waals surface area contributed by atoms with E-state index in [0.29, 0.717) is 18.1 Å². The van der Waals surface area contributed by atoms with E-state index in [9.17, 15) is 9.59 Å². The van der Waals surface area contributed by atoms with Gasteiger partial charge in [-0.3, -0.25) is 9.59 Å². The smallest absolute Gasteiger partial charge is 0.244 e. The number of hydrogen-bond donors (Lipinski definition) is 2. The molecule has 3 rings (SSSR count). The summed E-state index contributed by atoms with van der Waals surface area (Å²) >= 11 is 0. The molecule has 0 radical (unpaired) electrons. The van der Waals surface area contributed by atoms with Crippen LogP contribution in [0.15, 0.2) is 83.5 Å². The maximum absolute atomic E-state index is 12.1. The third-order valence-corrected chi connectivity index (χ3v) is 4.01. The van der Waals surface area contributed by atoms with E-state index in [2.05, 4.69) is 10.6 Å². The maximum atomic E-state index is 12.1. The number of rotatable bonds is 9. The number of para-hydroxylation sites is 2. The van der Waals surface area contributed by atoms with E-state index >= 15 is 0 Å². The van der Waals surface area contributed by atoms with Crippen molar-refractivity contribution in [2.45, 2.75) is 13.0 Å². The second-order valence-corrected chi connectivity index (χ2v) is 6.19. The Hall–Kier alpha value is -3.80. The van der Waals surface area contributed by atoms with E-state index in [-0.39, 0.29) is 24.8 Å². The lowest BCUT2D eigenvalue weighted by Crippen LogP contribution is -2.29. The number of hydrogen-bond acceptors (Lipinski definition) is 4. The monoisotopic (exact) mass is 390 g/mol. The van der Waals surface area contributed by atoms with Gasteiger partial charge in [0.1, 0.15) is 17.3 Å². The highest BCUT2D eigenvalue weighted by Gasteiger charge is 2.07. The molecule has 1 heterocycles. The van der Waals surface area contributed by atoms with Crippen LogP contribution in [0.3, 0.4) is 0 Å². The van der Waals surface area contributed by atoms with Crippen molar-refractivity contribution in [3.05, 3.63) is 90.4 Å². The summed E-state index contributed by atoms with van der Waals surface area (Å²) in [5, 5.41) is 5.52. The lowest BCUT2D eigenvalue weighted by molar-refractivity contribution is -0.121. The second-order valence-electron chi connectivity index (χ2n) is 6.19. The molecule has 0 aliphatic heterocycles. The number of amides is 2. The van der Waals surface area contributed by atoms with Crippen LogP contribution in [-0.2, 0) is 16.1 Å². The zero-order valence-electron chi connectivity index (χ0n) is 15.8. The van der Waals surface area contributed by atoms with Crippen LogP contribution in [0.2, 0.25) is 0 Å². The number of ether oxygens (including phenoxy) is 1. The fourth-order valence-electron chi connectivity index (χ4n) is 2.55. The normalized spacial score (nSPS) is 10.6. The Morgan fingerprint density at radius 3 is 2.52 bits per heavy atom. The third kappa shape index (κ3) is 6.70. The number of nitrogens with one attached hydrogen (secondary N) is 2. The van der Waals surface area contributed by atoms with Crippen molar-refractivity contribution in [2.24, 2.45) is 0 Å². The zero-order chi connectivity index (χ0) is 20.3. The number of carbonyl (C=O) groups is 2. The molecule has 0 bridgehead atoms. The quantitative estimate of drug-likeness (QED) is 0.543. The second kappa shape index (κ2) is 10.5.